The normalized spacial score (nSPS) is 10.3. The Kier molecular flexibility index (Phi) is 4.49. The van der Waals surface area contributed by atoms with Crippen molar-refractivity contribution in [3.05, 3.63) is 50.4 Å². The second kappa shape index (κ2) is 6.11. The summed E-state index contributed by atoms with van der Waals surface area (Å²) < 4.78 is 5.68. The van der Waals surface area contributed by atoms with Gasteiger partial charge in [0.05, 0.1) is 24.2 Å². The molecule has 1 heterocycles. The molecular weight excluding hydrogens is 314 g/mol. The molecular formula is C13H12BrNO2S. The molecule has 0 aliphatic carbocycles. The first kappa shape index (κ1) is 13.2. The fourth-order valence-corrected chi connectivity index (χ4v) is 2.60. The molecule has 0 fully saturated rings. The number of rotatable bonds is 4. The number of benzene rings is 1. The molecule has 94 valence electrons. The number of carbonyl (C=O) groups excluding carboxylic acids is 1. The molecule has 0 saturated carbocycles. The van der Waals surface area contributed by atoms with Crippen molar-refractivity contribution in [1.82, 2.24) is 4.98 Å². The molecule has 0 atom stereocenters. The number of methoxy groups -OCH3 is 1. The van der Waals surface area contributed by atoms with Gasteiger partial charge in [0, 0.05) is 16.3 Å². The van der Waals surface area contributed by atoms with Gasteiger partial charge in [0.1, 0.15) is 0 Å². The lowest BCUT2D eigenvalue weighted by molar-refractivity contribution is -0.139. The molecule has 0 aliphatic heterocycles. The summed E-state index contributed by atoms with van der Waals surface area (Å²) in [6.45, 7) is 0. The monoisotopic (exact) mass is 325 g/mol. The van der Waals surface area contributed by atoms with Gasteiger partial charge in [-0.2, -0.15) is 0 Å². The summed E-state index contributed by atoms with van der Waals surface area (Å²) in [7, 11) is 1.39. The Morgan fingerprint density at radius 2 is 2.11 bits per heavy atom. The van der Waals surface area contributed by atoms with E-state index in [9.17, 15) is 4.79 Å². The lowest BCUT2D eigenvalue weighted by Crippen LogP contribution is -2.04. The van der Waals surface area contributed by atoms with Gasteiger partial charge in [0.15, 0.2) is 0 Å². The summed E-state index contributed by atoms with van der Waals surface area (Å²) in [6, 6.07) is 8.15. The Morgan fingerprint density at radius 3 is 2.78 bits per heavy atom. The Morgan fingerprint density at radius 1 is 1.39 bits per heavy atom. The quantitative estimate of drug-likeness (QED) is 0.810. The van der Waals surface area contributed by atoms with E-state index < -0.39 is 0 Å². The predicted molar refractivity (Wildman–Crippen MR) is 74.8 cm³/mol. The minimum absolute atomic E-state index is 0.243. The zero-order valence-electron chi connectivity index (χ0n) is 9.85. The highest BCUT2D eigenvalue weighted by Gasteiger charge is 2.08. The van der Waals surface area contributed by atoms with Crippen molar-refractivity contribution in [1.29, 1.82) is 0 Å². The zero-order chi connectivity index (χ0) is 13.0. The van der Waals surface area contributed by atoms with Crippen LogP contribution in [0, 0.1) is 0 Å². The minimum Gasteiger partial charge on any atom is -0.469 e. The molecule has 0 amide bonds. The Bertz CT molecular complexity index is 536. The van der Waals surface area contributed by atoms with Gasteiger partial charge in [-0.05, 0) is 17.7 Å². The van der Waals surface area contributed by atoms with Gasteiger partial charge in [-0.3, -0.25) is 4.79 Å². The second-order valence-electron chi connectivity index (χ2n) is 3.79. The van der Waals surface area contributed by atoms with E-state index in [1.54, 1.807) is 11.3 Å². The van der Waals surface area contributed by atoms with E-state index in [1.165, 1.54) is 12.7 Å². The van der Waals surface area contributed by atoms with Gasteiger partial charge in [0.25, 0.3) is 0 Å². The van der Waals surface area contributed by atoms with Crippen molar-refractivity contribution in [3.8, 4) is 0 Å². The number of hydrogen-bond acceptors (Lipinski definition) is 4. The number of ether oxygens (including phenoxy) is 1. The lowest BCUT2D eigenvalue weighted by Gasteiger charge is -1.98. The average Bonchev–Trinajstić information content (AvgIpc) is 2.79. The average molecular weight is 326 g/mol. The molecule has 3 nitrogen and oxygen atoms in total. The first-order chi connectivity index (χ1) is 8.67. The summed E-state index contributed by atoms with van der Waals surface area (Å²) >= 11 is 4.98. The van der Waals surface area contributed by atoms with Crippen LogP contribution in [0.2, 0.25) is 0 Å². The highest BCUT2D eigenvalue weighted by Crippen LogP contribution is 2.17. The van der Waals surface area contributed by atoms with Crippen molar-refractivity contribution >= 4 is 33.2 Å². The largest absolute Gasteiger partial charge is 0.469 e. The van der Waals surface area contributed by atoms with Crippen molar-refractivity contribution in [2.24, 2.45) is 0 Å². The Labute approximate surface area is 118 Å². The van der Waals surface area contributed by atoms with Crippen LogP contribution in [0.4, 0.5) is 0 Å². The van der Waals surface area contributed by atoms with Gasteiger partial charge in [-0.25, -0.2) is 4.98 Å². The molecule has 2 rings (SSSR count). The first-order valence-corrected chi connectivity index (χ1v) is 7.09. The number of nitrogens with zero attached hydrogens (tertiary/aromatic N) is 1. The number of hydrogen-bond donors (Lipinski definition) is 0. The van der Waals surface area contributed by atoms with Gasteiger partial charge in [-0.1, -0.05) is 28.1 Å². The summed E-state index contributed by atoms with van der Waals surface area (Å²) in [5.41, 5.74) is 1.98. The molecule has 0 N–H and O–H groups in total. The van der Waals surface area contributed by atoms with Gasteiger partial charge in [0.2, 0.25) is 0 Å². The van der Waals surface area contributed by atoms with Crippen molar-refractivity contribution in [2.75, 3.05) is 7.11 Å². The van der Waals surface area contributed by atoms with Crippen LogP contribution in [-0.4, -0.2) is 18.1 Å². The van der Waals surface area contributed by atoms with Gasteiger partial charge in [-0.15, -0.1) is 11.3 Å². The molecule has 0 bridgehead atoms. The van der Waals surface area contributed by atoms with Crippen molar-refractivity contribution in [3.63, 3.8) is 0 Å². The summed E-state index contributed by atoms with van der Waals surface area (Å²) in [5, 5.41) is 2.92. The number of carbonyl (C=O) groups is 1. The van der Waals surface area contributed by atoms with Crippen LogP contribution in [0.3, 0.4) is 0 Å². The van der Waals surface area contributed by atoms with E-state index >= 15 is 0 Å². The highest BCUT2D eigenvalue weighted by atomic mass is 79.9. The van der Waals surface area contributed by atoms with Crippen LogP contribution in [-0.2, 0) is 22.4 Å². The van der Waals surface area contributed by atoms with Crippen LogP contribution < -0.4 is 0 Å². The van der Waals surface area contributed by atoms with Crippen LogP contribution in [0.15, 0.2) is 34.1 Å². The first-order valence-electron chi connectivity index (χ1n) is 5.42. The molecule has 0 spiro atoms. The third kappa shape index (κ3) is 3.65. The molecule has 18 heavy (non-hydrogen) atoms. The van der Waals surface area contributed by atoms with Crippen molar-refractivity contribution < 1.29 is 9.53 Å². The Balaban J connectivity index is 2.02. The molecule has 0 radical (unpaired) electrons. The molecule has 5 heteroatoms. The maximum atomic E-state index is 11.1. The lowest BCUT2D eigenvalue weighted by atomic mass is 10.2. The van der Waals surface area contributed by atoms with E-state index in [-0.39, 0.29) is 12.4 Å². The Hall–Kier alpha value is -1.20. The third-order valence-electron chi connectivity index (χ3n) is 2.42. The SMILES string of the molecule is COC(=O)Cc1csc(Cc2ccc(Br)cc2)n1. The number of thiazole rings is 1. The van der Waals surface area contributed by atoms with E-state index in [1.807, 2.05) is 17.5 Å². The van der Waals surface area contributed by atoms with Gasteiger partial charge < -0.3 is 4.74 Å². The molecule has 0 aliphatic rings. The number of halogens is 1. The van der Waals surface area contributed by atoms with Crippen LogP contribution in [0.25, 0.3) is 0 Å². The maximum absolute atomic E-state index is 11.1. The molecule has 1 aromatic carbocycles. The predicted octanol–water partition coefficient (Wildman–Crippen LogP) is 3.21. The minimum atomic E-state index is -0.254. The van der Waals surface area contributed by atoms with Crippen molar-refractivity contribution in [2.45, 2.75) is 12.8 Å². The molecule has 2 aromatic rings. The molecule has 0 saturated heterocycles. The van der Waals surface area contributed by atoms with E-state index in [2.05, 4.69) is 37.8 Å². The summed E-state index contributed by atoms with van der Waals surface area (Å²) in [4.78, 5) is 15.5. The van der Waals surface area contributed by atoms with Crippen LogP contribution in [0.5, 0.6) is 0 Å². The van der Waals surface area contributed by atoms with E-state index in [4.69, 9.17) is 0 Å². The number of esters is 1. The number of aromatic nitrogens is 1. The maximum Gasteiger partial charge on any atom is 0.311 e. The second-order valence-corrected chi connectivity index (χ2v) is 5.65. The fourth-order valence-electron chi connectivity index (χ4n) is 1.51. The molecule has 1 aromatic heterocycles. The fraction of sp³-hybridized carbons (Fsp3) is 0.231. The zero-order valence-corrected chi connectivity index (χ0v) is 12.3. The highest BCUT2D eigenvalue weighted by molar-refractivity contribution is 9.10. The standard InChI is InChI=1S/C13H12BrNO2S/c1-17-13(16)7-11-8-18-12(15-11)6-9-2-4-10(14)5-3-9/h2-5,8H,6-7H2,1H3. The summed E-state index contributed by atoms with van der Waals surface area (Å²) in [6.07, 6.45) is 1.03. The van der Waals surface area contributed by atoms with E-state index in [0.29, 0.717) is 0 Å². The third-order valence-corrected chi connectivity index (χ3v) is 3.85. The smallest absolute Gasteiger partial charge is 0.311 e. The topological polar surface area (TPSA) is 39.2 Å². The summed E-state index contributed by atoms with van der Waals surface area (Å²) in [5.74, 6) is -0.254. The van der Waals surface area contributed by atoms with E-state index in [0.717, 1.165) is 21.6 Å². The van der Waals surface area contributed by atoms with Crippen LogP contribution >= 0.6 is 27.3 Å². The van der Waals surface area contributed by atoms with Gasteiger partial charge >= 0.3 is 5.97 Å². The van der Waals surface area contributed by atoms with Crippen LogP contribution in [0.1, 0.15) is 16.3 Å². The molecule has 0 unspecified atom stereocenters.